The average molecular weight is 418 g/mol. The van der Waals surface area contributed by atoms with Crippen LogP contribution in [0.25, 0.3) is 0 Å². The fraction of sp³-hybridized carbons (Fsp3) is 0.292. The Morgan fingerprint density at radius 3 is 2.39 bits per heavy atom. The zero-order chi connectivity index (χ0) is 21.4. The first-order valence-corrected chi connectivity index (χ1v) is 10.5. The summed E-state index contributed by atoms with van der Waals surface area (Å²) in [7, 11) is 0. The lowest BCUT2D eigenvalue weighted by Crippen LogP contribution is -2.47. The van der Waals surface area contributed by atoms with Crippen LogP contribution in [0.2, 0.25) is 0 Å². The molecule has 2 heterocycles. The number of carbonyl (C=O) groups is 1. The molecule has 1 fully saturated rings. The molecule has 31 heavy (non-hydrogen) atoms. The van der Waals surface area contributed by atoms with Crippen molar-refractivity contribution in [3.63, 3.8) is 0 Å². The lowest BCUT2D eigenvalue weighted by Gasteiger charge is -2.36. The van der Waals surface area contributed by atoms with Gasteiger partial charge in [-0.2, -0.15) is 0 Å². The predicted molar refractivity (Wildman–Crippen MR) is 116 cm³/mol. The second-order valence-corrected chi connectivity index (χ2v) is 8.07. The van der Waals surface area contributed by atoms with Crippen LogP contribution in [0.4, 0.5) is 16.0 Å². The van der Waals surface area contributed by atoms with Gasteiger partial charge in [-0.3, -0.25) is 4.79 Å². The Kier molecular flexibility index (Phi) is 5.02. The number of benzene rings is 2. The van der Waals surface area contributed by atoms with E-state index in [4.69, 9.17) is 4.98 Å². The van der Waals surface area contributed by atoms with Gasteiger partial charge in [0.25, 0.3) is 0 Å². The summed E-state index contributed by atoms with van der Waals surface area (Å²) < 4.78 is 13.2. The molecule has 1 N–H and O–H groups in total. The first kappa shape index (κ1) is 19.5. The van der Waals surface area contributed by atoms with Gasteiger partial charge in [-0.15, -0.1) is 0 Å². The minimum atomic E-state index is -0.235. The van der Waals surface area contributed by atoms with Crippen molar-refractivity contribution in [2.24, 2.45) is 0 Å². The molecule has 0 saturated carbocycles. The first-order chi connectivity index (χ1) is 15.1. The number of anilines is 2. The quantitative estimate of drug-likeness (QED) is 0.702. The Labute approximate surface area is 180 Å². The highest BCUT2D eigenvalue weighted by Gasteiger charge is 2.30. The third-order valence-electron chi connectivity index (χ3n) is 6.16. The van der Waals surface area contributed by atoms with Gasteiger partial charge in [-0.25, -0.2) is 14.4 Å². The number of phenolic OH excluding ortho intramolecular Hbond substituents is 1. The third-order valence-corrected chi connectivity index (χ3v) is 6.16. The fourth-order valence-corrected chi connectivity index (χ4v) is 4.46. The van der Waals surface area contributed by atoms with Crippen molar-refractivity contribution < 1.29 is 14.3 Å². The third kappa shape index (κ3) is 3.83. The molecule has 5 rings (SSSR count). The van der Waals surface area contributed by atoms with Crippen LogP contribution in [-0.2, 0) is 6.42 Å². The van der Waals surface area contributed by atoms with Gasteiger partial charge in [0.05, 0.1) is 11.3 Å². The van der Waals surface area contributed by atoms with Gasteiger partial charge in [0.1, 0.15) is 11.6 Å². The molecule has 1 aromatic heterocycles. The zero-order valence-corrected chi connectivity index (χ0v) is 17.0. The van der Waals surface area contributed by atoms with Crippen LogP contribution in [-0.4, -0.2) is 47.0 Å². The number of carbonyl (C=O) groups excluding carboxylic acids is 1. The number of fused-ring (bicyclic) bond motifs is 1. The molecular weight excluding hydrogens is 395 g/mol. The van der Waals surface area contributed by atoms with Crippen LogP contribution in [0.15, 0.2) is 54.7 Å². The summed E-state index contributed by atoms with van der Waals surface area (Å²) >= 11 is 0. The maximum Gasteiger partial charge on any atom is 0.225 e. The Morgan fingerprint density at radius 2 is 1.65 bits per heavy atom. The van der Waals surface area contributed by atoms with Crippen molar-refractivity contribution in [1.82, 2.24) is 9.97 Å². The summed E-state index contributed by atoms with van der Waals surface area (Å²) in [4.78, 5) is 26.2. The van der Waals surface area contributed by atoms with Crippen LogP contribution in [0.5, 0.6) is 5.75 Å². The molecule has 1 aliphatic carbocycles. The molecule has 1 atom stereocenters. The molecule has 2 aliphatic rings. The molecule has 0 radical (unpaired) electrons. The summed E-state index contributed by atoms with van der Waals surface area (Å²) in [5, 5.41) is 10.2. The number of aromatic nitrogens is 2. The predicted octanol–water partition coefficient (Wildman–Crippen LogP) is 3.56. The Morgan fingerprint density at radius 1 is 0.935 bits per heavy atom. The number of piperazine rings is 1. The smallest absolute Gasteiger partial charge is 0.225 e. The zero-order valence-electron chi connectivity index (χ0n) is 17.0. The molecule has 1 saturated heterocycles. The van der Waals surface area contributed by atoms with E-state index in [2.05, 4.69) is 14.8 Å². The van der Waals surface area contributed by atoms with Gasteiger partial charge in [0, 0.05) is 50.4 Å². The maximum absolute atomic E-state index is 13.2. The number of phenols is 1. The molecule has 0 bridgehead atoms. The van der Waals surface area contributed by atoms with E-state index in [-0.39, 0.29) is 23.3 Å². The van der Waals surface area contributed by atoms with E-state index < -0.39 is 0 Å². The monoisotopic (exact) mass is 418 g/mol. The van der Waals surface area contributed by atoms with E-state index >= 15 is 0 Å². The number of para-hydroxylation sites is 1. The van der Waals surface area contributed by atoms with Crippen molar-refractivity contribution in [2.45, 2.75) is 18.8 Å². The summed E-state index contributed by atoms with van der Waals surface area (Å²) in [6.07, 6.45) is 2.60. The Bertz CT molecular complexity index is 1110. The summed E-state index contributed by atoms with van der Waals surface area (Å²) in [6, 6.07) is 13.7. The number of hydrogen-bond donors (Lipinski definition) is 1. The summed E-state index contributed by atoms with van der Waals surface area (Å²) in [5.41, 5.74) is 3.12. The van der Waals surface area contributed by atoms with Gasteiger partial charge in [0.15, 0.2) is 5.78 Å². The number of hydrogen-bond acceptors (Lipinski definition) is 6. The maximum atomic E-state index is 13.2. The molecule has 0 unspecified atom stereocenters. The lowest BCUT2D eigenvalue weighted by molar-refractivity contribution is 0.0962. The van der Waals surface area contributed by atoms with Crippen LogP contribution in [0.3, 0.4) is 0 Å². The highest BCUT2D eigenvalue weighted by atomic mass is 19.1. The van der Waals surface area contributed by atoms with Crippen molar-refractivity contribution in [1.29, 1.82) is 0 Å². The van der Waals surface area contributed by atoms with E-state index in [1.165, 1.54) is 12.1 Å². The van der Waals surface area contributed by atoms with Crippen LogP contribution >= 0.6 is 0 Å². The summed E-state index contributed by atoms with van der Waals surface area (Å²) in [6.45, 7) is 3.05. The normalized spacial score (nSPS) is 18.7. The number of Topliss-reactive ketones (excluding diaryl/α,β-unsaturated/α-hetero) is 1. The Balaban J connectivity index is 1.32. The number of aromatic hydroxyl groups is 1. The van der Waals surface area contributed by atoms with Crippen LogP contribution < -0.4 is 9.80 Å². The molecular formula is C24H23FN4O2. The molecule has 0 amide bonds. The largest absolute Gasteiger partial charge is 0.508 e. The van der Waals surface area contributed by atoms with E-state index in [1.807, 2.05) is 12.1 Å². The number of rotatable bonds is 3. The number of nitrogens with zero attached hydrogens (tertiary/aromatic N) is 4. The van der Waals surface area contributed by atoms with Gasteiger partial charge in [-0.1, -0.05) is 18.2 Å². The molecule has 158 valence electrons. The standard InChI is InChI=1S/C24H23FN4O2/c25-17-5-7-18(8-6-17)28-9-11-29(12-10-28)24-26-15-20-21(27-24)13-16(14-23(20)31)19-3-1-2-4-22(19)30/h1-8,15-16,30H,9-14H2/t16-/m0/s1. The second kappa shape index (κ2) is 7.98. The minimum Gasteiger partial charge on any atom is -0.508 e. The Hall–Kier alpha value is -3.48. The van der Waals surface area contributed by atoms with Crippen LogP contribution in [0.1, 0.15) is 34.0 Å². The van der Waals surface area contributed by atoms with Gasteiger partial charge >= 0.3 is 0 Å². The van der Waals surface area contributed by atoms with Gasteiger partial charge in [0.2, 0.25) is 5.95 Å². The van der Waals surface area contributed by atoms with Crippen molar-refractivity contribution in [3.8, 4) is 5.75 Å². The molecule has 0 spiro atoms. The van der Waals surface area contributed by atoms with E-state index in [0.717, 1.165) is 43.1 Å². The molecule has 3 aromatic rings. The second-order valence-electron chi connectivity index (χ2n) is 8.07. The minimum absolute atomic E-state index is 0.0159. The van der Waals surface area contributed by atoms with E-state index in [9.17, 15) is 14.3 Å². The SMILES string of the molecule is O=C1C[C@@H](c2ccccc2O)Cc2nc(N3CCN(c4ccc(F)cc4)CC3)ncc21. The molecule has 1 aliphatic heterocycles. The van der Waals surface area contributed by atoms with Crippen LogP contribution in [0, 0.1) is 5.82 Å². The highest BCUT2D eigenvalue weighted by molar-refractivity contribution is 5.98. The number of ketones is 1. The van der Waals surface area contributed by atoms with Crippen molar-refractivity contribution >= 4 is 17.4 Å². The number of halogens is 1. The topological polar surface area (TPSA) is 69.6 Å². The summed E-state index contributed by atoms with van der Waals surface area (Å²) in [5.74, 6) is 0.543. The average Bonchev–Trinajstić information content (AvgIpc) is 2.79. The molecule has 6 nitrogen and oxygen atoms in total. The van der Waals surface area contributed by atoms with E-state index in [0.29, 0.717) is 24.4 Å². The highest BCUT2D eigenvalue weighted by Crippen LogP contribution is 2.36. The fourth-order valence-electron chi connectivity index (χ4n) is 4.46. The van der Waals surface area contributed by atoms with Gasteiger partial charge in [-0.05, 0) is 42.3 Å². The van der Waals surface area contributed by atoms with Crippen molar-refractivity contribution in [2.75, 3.05) is 36.0 Å². The van der Waals surface area contributed by atoms with Gasteiger partial charge < -0.3 is 14.9 Å². The molecule has 7 heteroatoms. The molecule has 2 aromatic carbocycles. The van der Waals surface area contributed by atoms with E-state index in [1.54, 1.807) is 30.5 Å². The lowest BCUT2D eigenvalue weighted by atomic mass is 9.82. The van der Waals surface area contributed by atoms with Crippen molar-refractivity contribution in [3.05, 3.63) is 77.4 Å². The first-order valence-electron chi connectivity index (χ1n) is 10.5.